The van der Waals surface area contributed by atoms with E-state index in [9.17, 15) is 0 Å². The molecule has 0 aliphatic carbocycles. The number of nitrogens with zero attached hydrogens (tertiary/aromatic N) is 4. The number of hydrogen-bond donors (Lipinski definition) is 0. The van der Waals surface area contributed by atoms with E-state index >= 15 is 0 Å². The van der Waals surface area contributed by atoms with E-state index in [1.165, 1.54) is 42.4 Å². The minimum absolute atomic E-state index is 0.443. The lowest BCUT2D eigenvalue weighted by Gasteiger charge is -2.37. The lowest BCUT2D eigenvalue weighted by molar-refractivity contribution is 0.131. The Morgan fingerprint density at radius 3 is 2.70 bits per heavy atom. The van der Waals surface area contributed by atoms with Crippen molar-refractivity contribution >= 4 is 10.9 Å². The molecule has 27 heavy (non-hydrogen) atoms. The van der Waals surface area contributed by atoms with Crippen LogP contribution in [-0.4, -0.2) is 32.8 Å². The van der Waals surface area contributed by atoms with Gasteiger partial charge in [0.1, 0.15) is 0 Å². The molecule has 0 amide bonds. The zero-order valence-corrected chi connectivity index (χ0v) is 16.9. The van der Waals surface area contributed by atoms with E-state index in [4.69, 9.17) is 0 Å². The number of benzene rings is 1. The summed E-state index contributed by atoms with van der Waals surface area (Å²) in [6.07, 6.45) is 5.88. The summed E-state index contributed by atoms with van der Waals surface area (Å²) in [5, 5.41) is 5.73. The lowest BCUT2D eigenvalue weighted by atomic mass is 9.89. The van der Waals surface area contributed by atoms with Gasteiger partial charge in [0.25, 0.3) is 0 Å². The number of hydrogen-bond acceptors (Lipinski definition) is 3. The van der Waals surface area contributed by atoms with Gasteiger partial charge in [-0.05, 0) is 87.9 Å². The topological polar surface area (TPSA) is 34.0 Å². The van der Waals surface area contributed by atoms with E-state index in [0.717, 1.165) is 29.2 Å². The van der Waals surface area contributed by atoms with E-state index in [-0.39, 0.29) is 0 Å². The molecule has 2 unspecified atom stereocenters. The van der Waals surface area contributed by atoms with Crippen LogP contribution >= 0.6 is 0 Å². The Morgan fingerprint density at radius 2 is 1.93 bits per heavy atom. The van der Waals surface area contributed by atoms with Crippen molar-refractivity contribution in [3.05, 3.63) is 59.0 Å². The summed E-state index contributed by atoms with van der Waals surface area (Å²) in [5.41, 5.74) is 6.18. The summed E-state index contributed by atoms with van der Waals surface area (Å²) in [7, 11) is 1.99. The van der Waals surface area contributed by atoms with Gasteiger partial charge in [0.05, 0.1) is 5.52 Å². The van der Waals surface area contributed by atoms with Crippen LogP contribution in [0.15, 0.2) is 36.5 Å². The normalized spacial score (nSPS) is 19.5. The molecule has 1 aliphatic rings. The van der Waals surface area contributed by atoms with Crippen molar-refractivity contribution in [2.24, 2.45) is 13.0 Å². The van der Waals surface area contributed by atoms with Gasteiger partial charge in [0, 0.05) is 42.6 Å². The van der Waals surface area contributed by atoms with Crippen LogP contribution in [0.3, 0.4) is 0 Å². The summed E-state index contributed by atoms with van der Waals surface area (Å²) >= 11 is 0. The van der Waals surface area contributed by atoms with Crippen LogP contribution in [0.4, 0.5) is 0 Å². The highest BCUT2D eigenvalue weighted by molar-refractivity contribution is 5.78. The summed E-state index contributed by atoms with van der Waals surface area (Å²) in [4.78, 5) is 7.18. The van der Waals surface area contributed by atoms with Crippen LogP contribution in [0.25, 0.3) is 10.9 Å². The third kappa shape index (κ3) is 4.06. The van der Waals surface area contributed by atoms with Gasteiger partial charge in [-0.3, -0.25) is 14.6 Å². The highest BCUT2D eigenvalue weighted by atomic mass is 15.2. The fourth-order valence-corrected chi connectivity index (χ4v) is 4.63. The summed E-state index contributed by atoms with van der Waals surface area (Å²) < 4.78 is 1.90. The van der Waals surface area contributed by atoms with Gasteiger partial charge in [-0.2, -0.15) is 5.10 Å². The first-order valence-corrected chi connectivity index (χ1v) is 10.1. The van der Waals surface area contributed by atoms with E-state index < -0.39 is 0 Å². The first-order valence-electron chi connectivity index (χ1n) is 10.1. The van der Waals surface area contributed by atoms with Crippen molar-refractivity contribution in [1.29, 1.82) is 0 Å². The minimum atomic E-state index is 0.443. The Morgan fingerprint density at radius 1 is 1.15 bits per heavy atom. The van der Waals surface area contributed by atoms with Crippen LogP contribution < -0.4 is 0 Å². The highest BCUT2D eigenvalue weighted by Crippen LogP contribution is 2.30. The van der Waals surface area contributed by atoms with Crippen LogP contribution in [0.1, 0.15) is 48.3 Å². The van der Waals surface area contributed by atoms with Crippen LogP contribution in [0, 0.1) is 19.8 Å². The maximum Gasteiger partial charge on any atom is 0.0923 e. The Hall–Kier alpha value is -2.20. The number of fused-ring (bicyclic) bond motifs is 1. The maximum atomic E-state index is 4.52. The van der Waals surface area contributed by atoms with E-state index in [1.807, 2.05) is 11.7 Å². The van der Waals surface area contributed by atoms with Crippen molar-refractivity contribution < 1.29 is 0 Å². The number of rotatable bonds is 4. The molecule has 3 heterocycles. The number of aryl methyl sites for hydroxylation is 3. The molecule has 1 aliphatic heterocycles. The Kier molecular flexibility index (Phi) is 5.00. The molecule has 1 saturated heterocycles. The van der Waals surface area contributed by atoms with E-state index in [2.05, 4.69) is 72.3 Å². The van der Waals surface area contributed by atoms with Crippen molar-refractivity contribution in [3.8, 4) is 0 Å². The van der Waals surface area contributed by atoms with Gasteiger partial charge in [-0.25, -0.2) is 0 Å². The molecule has 0 spiro atoms. The molecule has 2 aromatic heterocycles. The molecule has 4 rings (SSSR count). The first-order chi connectivity index (χ1) is 13.0. The van der Waals surface area contributed by atoms with Gasteiger partial charge in [-0.1, -0.05) is 6.07 Å². The average molecular weight is 363 g/mol. The third-order valence-corrected chi connectivity index (χ3v) is 5.89. The molecule has 4 nitrogen and oxygen atoms in total. The number of aromatic nitrogens is 3. The van der Waals surface area contributed by atoms with Gasteiger partial charge in [0.2, 0.25) is 0 Å². The van der Waals surface area contributed by atoms with Crippen molar-refractivity contribution in [2.75, 3.05) is 13.1 Å². The van der Waals surface area contributed by atoms with Crippen LogP contribution in [0.2, 0.25) is 0 Å². The molecular weight excluding hydrogens is 332 g/mol. The number of piperidine rings is 1. The van der Waals surface area contributed by atoms with E-state index in [1.54, 1.807) is 0 Å². The van der Waals surface area contributed by atoms with Gasteiger partial charge < -0.3 is 0 Å². The SMILES string of the molecule is Cc1cc(CC2CCCN(C(C)c3ccc4nn(C)cc4c3)C2)cc(C)n1. The first kappa shape index (κ1) is 18.2. The number of likely N-dealkylation sites (tertiary alicyclic amines) is 1. The van der Waals surface area contributed by atoms with Crippen LogP contribution in [0.5, 0.6) is 0 Å². The third-order valence-electron chi connectivity index (χ3n) is 5.89. The monoisotopic (exact) mass is 362 g/mol. The zero-order valence-electron chi connectivity index (χ0n) is 16.9. The molecule has 0 bridgehead atoms. The van der Waals surface area contributed by atoms with Gasteiger partial charge in [-0.15, -0.1) is 0 Å². The standard InChI is InChI=1S/C23H30N4/c1-16-10-20(11-17(2)24-16)12-19-6-5-9-27(14-19)18(3)21-7-8-23-22(13-21)15-26(4)25-23/h7-8,10-11,13,15,18-19H,5-6,9,12,14H2,1-4H3. The predicted molar refractivity (Wildman–Crippen MR) is 111 cm³/mol. The minimum Gasteiger partial charge on any atom is -0.296 e. The molecule has 2 atom stereocenters. The molecule has 1 fully saturated rings. The fraction of sp³-hybridized carbons (Fsp3) is 0.478. The smallest absolute Gasteiger partial charge is 0.0923 e. The second-order valence-electron chi connectivity index (χ2n) is 8.26. The molecule has 142 valence electrons. The van der Waals surface area contributed by atoms with Crippen LogP contribution in [-0.2, 0) is 13.5 Å². The Bertz CT molecular complexity index is 922. The molecule has 1 aromatic carbocycles. The quantitative estimate of drug-likeness (QED) is 0.680. The summed E-state index contributed by atoms with van der Waals surface area (Å²) in [6, 6.07) is 11.7. The summed E-state index contributed by atoms with van der Waals surface area (Å²) in [6.45, 7) is 8.91. The summed E-state index contributed by atoms with van der Waals surface area (Å²) in [5.74, 6) is 0.726. The van der Waals surface area contributed by atoms with Gasteiger partial charge >= 0.3 is 0 Å². The molecule has 0 saturated carbocycles. The fourth-order valence-electron chi connectivity index (χ4n) is 4.63. The Balaban J connectivity index is 1.47. The van der Waals surface area contributed by atoms with E-state index in [0.29, 0.717) is 6.04 Å². The second-order valence-corrected chi connectivity index (χ2v) is 8.26. The van der Waals surface area contributed by atoms with Gasteiger partial charge in [0.15, 0.2) is 0 Å². The molecule has 3 aromatic rings. The van der Waals surface area contributed by atoms with Crippen molar-refractivity contribution in [1.82, 2.24) is 19.7 Å². The maximum absolute atomic E-state index is 4.52. The molecular formula is C23H30N4. The predicted octanol–water partition coefficient (Wildman–Crippen LogP) is 4.60. The zero-order chi connectivity index (χ0) is 19.0. The molecule has 0 radical (unpaired) electrons. The Labute approximate surface area is 162 Å². The molecule has 0 N–H and O–H groups in total. The average Bonchev–Trinajstić information content (AvgIpc) is 2.99. The highest BCUT2D eigenvalue weighted by Gasteiger charge is 2.25. The second kappa shape index (κ2) is 7.43. The number of pyridine rings is 1. The largest absolute Gasteiger partial charge is 0.296 e. The lowest BCUT2D eigenvalue weighted by Crippen LogP contribution is -2.38. The van der Waals surface area contributed by atoms with Crippen molar-refractivity contribution in [3.63, 3.8) is 0 Å². The molecule has 4 heteroatoms. The van der Waals surface area contributed by atoms with Crippen molar-refractivity contribution in [2.45, 2.75) is 46.1 Å².